The summed E-state index contributed by atoms with van der Waals surface area (Å²) in [6.45, 7) is 3.74. The Labute approximate surface area is 161 Å². The van der Waals surface area contributed by atoms with Crippen LogP contribution < -0.4 is 0 Å². The van der Waals surface area contributed by atoms with Gasteiger partial charge in [0.25, 0.3) is 0 Å². The highest BCUT2D eigenvalue weighted by molar-refractivity contribution is 5.77. The van der Waals surface area contributed by atoms with Gasteiger partial charge in [0.05, 0.1) is 11.7 Å². The summed E-state index contributed by atoms with van der Waals surface area (Å²) in [4.78, 5) is 37.7. The summed E-state index contributed by atoms with van der Waals surface area (Å²) in [5, 5.41) is 0. The summed E-state index contributed by atoms with van der Waals surface area (Å²) < 4.78 is 0. The maximum Gasteiger partial charge on any atom is 0.223 e. The lowest BCUT2D eigenvalue weighted by Gasteiger charge is -2.29. The van der Waals surface area contributed by atoms with Crippen molar-refractivity contribution in [2.75, 3.05) is 13.1 Å². The largest absolute Gasteiger partial charge is 0.338 e. The van der Waals surface area contributed by atoms with Crippen molar-refractivity contribution in [3.05, 3.63) is 23.3 Å². The summed E-state index contributed by atoms with van der Waals surface area (Å²) in [6.07, 6.45) is 11.6. The maximum absolute atomic E-state index is 12.8. The Hall–Kier alpha value is -1.98. The quantitative estimate of drug-likeness (QED) is 0.817. The molecule has 4 rings (SSSR count). The minimum Gasteiger partial charge on any atom is -0.338 e. The SMILES string of the molecule is CC(=O)N1CCc2nc([C@H]3CCCN3C(=O)CCC3CCCC3)ncc2C1. The molecule has 0 spiro atoms. The number of fused-ring (bicyclic) bond motifs is 1. The van der Waals surface area contributed by atoms with Crippen LogP contribution in [0.3, 0.4) is 0 Å². The number of aromatic nitrogens is 2. The number of carbonyl (C=O) groups excluding carboxylic acids is 2. The number of rotatable bonds is 4. The van der Waals surface area contributed by atoms with Gasteiger partial charge in [0.15, 0.2) is 5.82 Å². The van der Waals surface area contributed by atoms with Gasteiger partial charge in [-0.05, 0) is 25.2 Å². The first-order chi connectivity index (χ1) is 13.1. The van der Waals surface area contributed by atoms with E-state index in [-0.39, 0.29) is 17.9 Å². The summed E-state index contributed by atoms with van der Waals surface area (Å²) in [5.41, 5.74) is 2.08. The van der Waals surface area contributed by atoms with Gasteiger partial charge in [-0.2, -0.15) is 0 Å². The Morgan fingerprint density at radius 1 is 1.15 bits per heavy atom. The number of likely N-dealkylation sites (tertiary alicyclic amines) is 1. The standard InChI is InChI=1S/C21H30N4O2/c1-15(26)24-12-10-18-17(14-24)13-22-21(23-18)19-7-4-11-25(19)20(27)9-8-16-5-2-3-6-16/h13,16,19H,2-12,14H2,1H3/t19-/m1/s1. The van der Waals surface area contributed by atoms with Crippen molar-refractivity contribution in [2.45, 2.75) is 77.3 Å². The fourth-order valence-corrected chi connectivity index (χ4v) is 4.86. The number of carbonyl (C=O) groups is 2. The third-order valence-corrected chi connectivity index (χ3v) is 6.51. The molecule has 0 radical (unpaired) electrons. The van der Waals surface area contributed by atoms with Crippen molar-refractivity contribution < 1.29 is 9.59 Å². The fraction of sp³-hybridized carbons (Fsp3) is 0.714. The van der Waals surface area contributed by atoms with E-state index in [1.807, 2.05) is 16.0 Å². The highest BCUT2D eigenvalue weighted by atomic mass is 16.2. The molecule has 1 aliphatic carbocycles. The zero-order valence-electron chi connectivity index (χ0n) is 16.3. The van der Waals surface area contributed by atoms with Gasteiger partial charge in [-0.3, -0.25) is 9.59 Å². The lowest BCUT2D eigenvalue weighted by molar-refractivity contribution is -0.132. The smallest absolute Gasteiger partial charge is 0.223 e. The van der Waals surface area contributed by atoms with E-state index in [0.717, 1.165) is 55.2 Å². The van der Waals surface area contributed by atoms with E-state index in [2.05, 4.69) is 4.98 Å². The monoisotopic (exact) mass is 370 g/mol. The highest BCUT2D eigenvalue weighted by Gasteiger charge is 2.33. The molecule has 3 heterocycles. The van der Waals surface area contributed by atoms with Crippen LogP contribution in [0.25, 0.3) is 0 Å². The van der Waals surface area contributed by atoms with Crippen molar-refractivity contribution in [1.82, 2.24) is 19.8 Å². The van der Waals surface area contributed by atoms with Gasteiger partial charge < -0.3 is 9.80 Å². The molecule has 1 atom stereocenters. The normalized spacial score (nSPS) is 22.9. The molecule has 2 aliphatic heterocycles. The minimum absolute atomic E-state index is 0.0252. The average molecular weight is 370 g/mol. The topological polar surface area (TPSA) is 66.4 Å². The predicted octanol–water partition coefficient (Wildman–Crippen LogP) is 3.02. The van der Waals surface area contributed by atoms with Crippen molar-refractivity contribution in [3.8, 4) is 0 Å². The Balaban J connectivity index is 1.42. The highest BCUT2D eigenvalue weighted by Crippen LogP contribution is 2.33. The molecular formula is C21H30N4O2. The van der Waals surface area contributed by atoms with Gasteiger partial charge in [-0.1, -0.05) is 25.7 Å². The zero-order chi connectivity index (χ0) is 18.8. The molecule has 1 saturated carbocycles. The van der Waals surface area contributed by atoms with E-state index >= 15 is 0 Å². The van der Waals surface area contributed by atoms with Gasteiger partial charge in [0.1, 0.15) is 0 Å². The Morgan fingerprint density at radius 3 is 2.74 bits per heavy atom. The van der Waals surface area contributed by atoms with Crippen LogP contribution in [0.1, 0.15) is 81.4 Å². The molecule has 6 nitrogen and oxygen atoms in total. The van der Waals surface area contributed by atoms with E-state index in [1.54, 1.807) is 6.92 Å². The van der Waals surface area contributed by atoms with Crippen LogP contribution in [0.4, 0.5) is 0 Å². The number of nitrogens with zero attached hydrogens (tertiary/aromatic N) is 4. The molecule has 0 unspecified atom stereocenters. The molecular weight excluding hydrogens is 340 g/mol. The van der Waals surface area contributed by atoms with E-state index in [0.29, 0.717) is 19.5 Å². The Morgan fingerprint density at radius 2 is 1.96 bits per heavy atom. The molecule has 1 aromatic rings. The molecule has 2 fully saturated rings. The third kappa shape index (κ3) is 3.99. The molecule has 2 amide bonds. The van der Waals surface area contributed by atoms with Gasteiger partial charge in [0, 0.05) is 51.2 Å². The van der Waals surface area contributed by atoms with Crippen molar-refractivity contribution >= 4 is 11.8 Å². The summed E-state index contributed by atoms with van der Waals surface area (Å²) in [7, 11) is 0. The van der Waals surface area contributed by atoms with Gasteiger partial charge in [0.2, 0.25) is 11.8 Å². The van der Waals surface area contributed by atoms with Crippen molar-refractivity contribution in [2.24, 2.45) is 5.92 Å². The second-order valence-corrected chi connectivity index (χ2v) is 8.33. The summed E-state index contributed by atoms with van der Waals surface area (Å²) in [6, 6.07) is 0.0252. The van der Waals surface area contributed by atoms with Crippen molar-refractivity contribution in [3.63, 3.8) is 0 Å². The second-order valence-electron chi connectivity index (χ2n) is 8.33. The van der Waals surface area contributed by atoms with Crippen LogP contribution in [0.2, 0.25) is 0 Å². The molecule has 1 saturated heterocycles. The molecule has 0 N–H and O–H groups in total. The molecule has 146 valence electrons. The lowest BCUT2D eigenvalue weighted by atomic mass is 10.0. The predicted molar refractivity (Wildman–Crippen MR) is 102 cm³/mol. The average Bonchev–Trinajstić information content (AvgIpc) is 3.37. The third-order valence-electron chi connectivity index (χ3n) is 6.51. The van der Waals surface area contributed by atoms with Crippen LogP contribution in [-0.2, 0) is 22.6 Å². The van der Waals surface area contributed by atoms with Crippen molar-refractivity contribution in [1.29, 1.82) is 0 Å². The van der Waals surface area contributed by atoms with Gasteiger partial charge in [-0.25, -0.2) is 9.97 Å². The molecule has 0 bridgehead atoms. The van der Waals surface area contributed by atoms with E-state index in [4.69, 9.17) is 4.98 Å². The maximum atomic E-state index is 12.8. The first-order valence-corrected chi connectivity index (χ1v) is 10.5. The number of amides is 2. The van der Waals surface area contributed by atoms with Gasteiger partial charge in [-0.15, -0.1) is 0 Å². The summed E-state index contributed by atoms with van der Waals surface area (Å²) >= 11 is 0. The van der Waals surface area contributed by atoms with Crippen LogP contribution in [-0.4, -0.2) is 44.7 Å². The van der Waals surface area contributed by atoms with E-state index in [1.165, 1.54) is 25.7 Å². The molecule has 6 heteroatoms. The first kappa shape index (κ1) is 18.4. The number of hydrogen-bond acceptors (Lipinski definition) is 4. The summed E-state index contributed by atoms with van der Waals surface area (Å²) in [5.74, 6) is 1.91. The molecule has 0 aromatic carbocycles. The van der Waals surface area contributed by atoms with Crippen LogP contribution in [0, 0.1) is 5.92 Å². The minimum atomic E-state index is 0.0252. The number of hydrogen-bond donors (Lipinski definition) is 0. The van der Waals surface area contributed by atoms with Gasteiger partial charge >= 0.3 is 0 Å². The first-order valence-electron chi connectivity index (χ1n) is 10.5. The fourth-order valence-electron chi connectivity index (χ4n) is 4.86. The zero-order valence-corrected chi connectivity index (χ0v) is 16.3. The van der Waals surface area contributed by atoms with E-state index < -0.39 is 0 Å². The van der Waals surface area contributed by atoms with Crippen LogP contribution >= 0.6 is 0 Å². The van der Waals surface area contributed by atoms with Crippen LogP contribution in [0.5, 0.6) is 0 Å². The Bertz CT molecular complexity index is 714. The Kier molecular flexibility index (Phi) is 5.41. The van der Waals surface area contributed by atoms with Crippen LogP contribution in [0.15, 0.2) is 6.20 Å². The molecule has 3 aliphatic rings. The van der Waals surface area contributed by atoms with E-state index in [9.17, 15) is 9.59 Å². The lowest BCUT2D eigenvalue weighted by Crippen LogP contribution is -2.36. The molecule has 1 aromatic heterocycles. The second kappa shape index (κ2) is 7.95. The molecule has 27 heavy (non-hydrogen) atoms.